The van der Waals surface area contributed by atoms with Crippen LogP contribution in [0.1, 0.15) is 393 Å². The van der Waals surface area contributed by atoms with Gasteiger partial charge in [-0.25, -0.2) is 0 Å². The lowest BCUT2D eigenvalue weighted by atomic mass is 10.0. The van der Waals surface area contributed by atoms with Gasteiger partial charge in [-0.3, -0.25) is 14.4 Å². The first-order valence-electron chi connectivity index (χ1n) is 34.2. The van der Waals surface area contributed by atoms with Crippen molar-refractivity contribution >= 4 is 17.9 Å². The van der Waals surface area contributed by atoms with Crippen LogP contribution in [0, 0.1) is 0 Å². The molecule has 0 rings (SSSR count). The molecule has 0 aliphatic carbocycles. The van der Waals surface area contributed by atoms with Gasteiger partial charge in [-0.05, 0) is 44.9 Å². The van der Waals surface area contributed by atoms with Crippen LogP contribution in [0.2, 0.25) is 0 Å². The second-order valence-corrected chi connectivity index (χ2v) is 23.5. The predicted molar refractivity (Wildman–Crippen MR) is 326 cm³/mol. The number of ether oxygens (including phenoxy) is 3. The maximum Gasteiger partial charge on any atom is 0.306 e. The van der Waals surface area contributed by atoms with E-state index in [4.69, 9.17) is 14.2 Å². The number of carbonyl (C=O) groups is 3. The lowest BCUT2D eigenvalue weighted by Gasteiger charge is -2.18. The summed E-state index contributed by atoms with van der Waals surface area (Å²) in [6, 6.07) is 0. The highest BCUT2D eigenvalue weighted by atomic mass is 16.6. The van der Waals surface area contributed by atoms with E-state index in [1.165, 1.54) is 289 Å². The third-order valence-corrected chi connectivity index (χ3v) is 15.8. The van der Waals surface area contributed by atoms with Crippen LogP contribution >= 0.6 is 0 Å². The monoisotopic (exact) mass is 1060 g/mol. The fourth-order valence-electron chi connectivity index (χ4n) is 10.6. The van der Waals surface area contributed by atoms with Gasteiger partial charge >= 0.3 is 17.9 Å². The van der Waals surface area contributed by atoms with E-state index in [0.29, 0.717) is 19.3 Å². The zero-order valence-corrected chi connectivity index (χ0v) is 51.1. The molecule has 0 aliphatic rings. The van der Waals surface area contributed by atoms with Crippen LogP contribution in [0.15, 0.2) is 12.2 Å². The normalized spacial score (nSPS) is 12.0. The van der Waals surface area contributed by atoms with Crippen LogP contribution in [0.25, 0.3) is 0 Å². The molecule has 0 amide bonds. The van der Waals surface area contributed by atoms with Gasteiger partial charge in [0.05, 0.1) is 0 Å². The average molecular weight is 1060 g/mol. The molecule has 0 aromatic carbocycles. The molecule has 1 atom stereocenters. The van der Waals surface area contributed by atoms with Crippen molar-refractivity contribution in [2.45, 2.75) is 399 Å². The topological polar surface area (TPSA) is 78.9 Å². The van der Waals surface area contributed by atoms with Gasteiger partial charge in [0.15, 0.2) is 6.10 Å². The Morgan fingerprint density at radius 2 is 0.440 bits per heavy atom. The molecule has 0 N–H and O–H groups in total. The Labute approximate surface area is 469 Å². The van der Waals surface area contributed by atoms with Gasteiger partial charge in [-0.1, -0.05) is 341 Å². The number of allylic oxidation sites excluding steroid dienone is 2. The van der Waals surface area contributed by atoms with Crippen molar-refractivity contribution in [2.75, 3.05) is 13.2 Å². The minimum absolute atomic E-state index is 0.0657. The zero-order valence-electron chi connectivity index (χ0n) is 51.1. The Bertz CT molecular complexity index is 1170. The summed E-state index contributed by atoms with van der Waals surface area (Å²) in [6.07, 6.45) is 76.6. The molecule has 0 spiro atoms. The van der Waals surface area contributed by atoms with E-state index < -0.39 is 6.10 Å². The zero-order chi connectivity index (χ0) is 54.3. The Morgan fingerprint density at radius 3 is 0.667 bits per heavy atom. The molecular formula is C69H132O6. The van der Waals surface area contributed by atoms with E-state index >= 15 is 0 Å². The molecule has 75 heavy (non-hydrogen) atoms. The molecule has 6 heteroatoms. The van der Waals surface area contributed by atoms with Gasteiger partial charge in [0.1, 0.15) is 13.2 Å². The summed E-state index contributed by atoms with van der Waals surface area (Å²) in [5.41, 5.74) is 0. The molecule has 0 aromatic rings. The van der Waals surface area contributed by atoms with Gasteiger partial charge in [0, 0.05) is 19.3 Å². The molecule has 0 radical (unpaired) electrons. The smallest absolute Gasteiger partial charge is 0.306 e. The highest BCUT2D eigenvalue weighted by Gasteiger charge is 2.19. The molecule has 444 valence electrons. The van der Waals surface area contributed by atoms with Crippen molar-refractivity contribution < 1.29 is 28.6 Å². The molecule has 0 saturated heterocycles. The van der Waals surface area contributed by atoms with Gasteiger partial charge in [-0.2, -0.15) is 0 Å². The van der Waals surface area contributed by atoms with Crippen molar-refractivity contribution in [3.8, 4) is 0 Å². The molecule has 0 heterocycles. The van der Waals surface area contributed by atoms with Gasteiger partial charge in [0.25, 0.3) is 0 Å². The van der Waals surface area contributed by atoms with Crippen LogP contribution in [-0.2, 0) is 28.6 Å². The number of rotatable bonds is 64. The second-order valence-electron chi connectivity index (χ2n) is 23.5. The van der Waals surface area contributed by atoms with Crippen molar-refractivity contribution in [3.63, 3.8) is 0 Å². The van der Waals surface area contributed by atoms with Crippen molar-refractivity contribution in [1.29, 1.82) is 0 Å². The van der Waals surface area contributed by atoms with Crippen LogP contribution in [0.4, 0.5) is 0 Å². The summed E-state index contributed by atoms with van der Waals surface area (Å²) in [6.45, 7) is 6.72. The predicted octanol–water partition coefficient (Wildman–Crippen LogP) is 23.2. The summed E-state index contributed by atoms with van der Waals surface area (Å²) in [7, 11) is 0. The van der Waals surface area contributed by atoms with Crippen LogP contribution < -0.4 is 0 Å². The number of unbranched alkanes of at least 4 members (excludes halogenated alkanes) is 51. The molecule has 0 bridgehead atoms. The molecule has 0 aliphatic heterocycles. The van der Waals surface area contributed by atoms with Gasteiger partial charge < -0.3 is 14.2 Å². The first-order chi connectivity index (χ1) is 37.0. The Kier molecular flexibility index (Phi) is 63.1. The number of hydrogen-bond acceptors (Lipinski definition) is 6. The Balaban J connectivity index is 4.27. The lowest BCUT2D eigenvalue weighted by molar-refractivity contribution is -0.167. The van der Waals surface area contributed by atoms with E-state index in [1.807, 2.05) is 0 Å². The minimum atomic E-state index is -0.769. The highest BCUT2D eigenvalue weighted by molar-refractivity contribution is 5.71. The van der Waals surface area contributed by atoms with E-state index in [1.54, 1.807) is 0 Å². The Hall–Kier alpha value is -1.85. The van der Waals surface area contributed by atoms with E-state index in [-0.39, 0.29) is 31.1 Å². The van der Waals surface area contributed by atoms with Crippen molar-refractivity contribution in [2.24, 2.45) is 0 Å². The van der Waals surface area contributed by atoms with E-state index in [9.17, 15) is 14.4 Å². The third-order valence-electron chi connectivity index (χ3n) is 15.8. The largest absolute Gasteiger partial charge is 0.462 e. The summed E-state index contributed by atoms with van der Waals surface area (Å²) in [5.74, 6) is -0.840. The second kappa shape index (κ2) is 64.7. The summed E-state index contributed by atoms with van der Waals surface area (Å²) in [4.78, 5) is 38.4. The van der Waals surface area contributed by atoms with E-state index in [0.717, 1.165) is 64.2 Å². The minimum Gasteiger partial charge on any atom is -0.462 e. The number of carbonyl (C=O) groups excluding carboxylic acids is 3. The number of esters is 3. The Morgan fingerprint density at radius 1 is 0.253 bits per heavy atom. The fraction of sp³-hybridized carbons (Fsp3) is 0.928. The molecular weight excluding hydrogens is 925 g/mol. The highest BCUT2D eigenvalue weighted by Crippen LogP contribution is 2.19. The summed E-state index contributed by atoms with van der Waals surface area (Å²) >= 11 is 0. The fourth-order valence-corrected chi connectivity index (χ4v) is 10.6. The molecule has 0 fully saturated rings. The van der Waals surface area contributed by atoms with Crippen LogP contribution in [0.5, 0.6) is 0 Å². The molecule has 0 unspecified atom stereocenters. The quantitative estimate of drug-likeness (QED) is 0.0261. The maximum absolute atomic E-state index is 12.9. The van der Waals surface area contributed by atoms with Crippen molar-refractivity contribution in [1.82, 2.24) is 0 Å². The standard InChI is InChI=1S/C69H132O6/c1-4-7-10-13-16-19-22-25-28-30-32-34-36-38-41-44-47-50-53-56-59-62-68(71)74-65-66(64-73-67(70)61-58-55-52-49-46-43-40-27-24-21-18-15-12-9-6-3)75-69(72)63-60-57-54-51-48-45-42-39-37-35-33-31-29-26-23-20-17-14-11-8-5-2/h27,40,66H,4-26,28-39,41-65H2,1-3H3/b40-27-/t66-/m1/s1. The van der Waals surface area contributed by atoms with Crippen LogP contribution in [0.3, 0.4) is 0 Å². The molecule has 0 saturated carbocycles. The molecule has 0 aromatic heterocycles. The first-order valence-corrected chi connectivity index (χ1v) is 34.2. The SMILES string of the molecule is CCCCCCCC/C=C\CCCCCCCC(=O)OC[C@H](COC(=O)CCCCCCCCCCCCCCCCCCCCCCC)OC(=O)CCCCCCCCCCCCCCCCCCCCCCC. The average Bonchev–Trinajstić information content (AvgIpc) is 3.41. The third kappa shape index (κ3) is 62.9. The van der Waals surface area contributed by atoms with Gasteiger partial charge in [0.2, 0.25) is 0 Å². The number of hydrogen-bond donors (Lipinski definition) is 0. The van der Waals surface area contributed by atoms with Gasteiger partial charge in [-0.15, -0.1) is 0 Å². The maximum atomic E-state index is 12.9. The first kappa shape index (κ1) is 73.2. The van der Waals surface area contributed by atoms with Crippen LogP contribution in [-0.4, -0.2) is 37.2 Å². The summed E-state index contributed by atoms with van der Waals surface area (Å²) < 4.78 is 17.0. The van der Waals surface area contributed by atoms with E-state index in [2.05, 4.69) is 32.9 Å². The van der Waals surface area contributed by atoms with Crippen molar-refractivity contribution in [3.05, 3.63) is 12.2 Å². The lowest BCUT2D eigenvalue weighted by Crippen LogP contribution is -2.30. The summed E-state index contributed by atoms with van der Waals surface area (Å²) in [5, 5.41) is 0. The molecule has 6 nitrogen and oxygen atoms in total.